The van der Waals surface area contributed by atoms with Gasteiger partial charge in [0.2, 0.25) is 5.91 Å². The standard InChI is InChI=1S/C19H27N3O5/c1-20-10-4-12-26-11-3-6-13-5-2-7-14-17(13)27-19(25)22(14)15-8-9-16(23)21-18(15)24/h2,5,7,15-16,20,23H,3-4,6,8-12H2,1H3,(H,21,24). The molecule has 2 atom stereocenters. The van der Waals surface area contributed by atoms with Crippen molar-refractivity contribution in [1.82, 2.24) is 15.2 Å². The van der Waals surface area contributed by atoms with Crippen LogP contribution in [0.5, 0.6) is 0 Å². The Morgan fingerprint density at radius 2 is 2.11 bits per heavy atom. The minimum atomic E-state index is -0.855. The number of aryl methyl sites for hydroxylation is 1. The second-order valence-electron chi connectivity index (χ2n) is 6.79. The average molecular weight is 377 g/mol. The van der Waals surface area contributed by atoms with Crippen LogP contribution in [0.1, 0.15) is 37.3 Å². The number of ether oxygens (including phenoxy) is 1. The van der Waals surface area contributed by atoms with Gasteiger partial charge in [0.15, 0.2) is 5.58 Å². The van der Waals surface area contributed by atoms with Gasteiger partial charge in [-0.2, -0.15) is 0 Å². The molecular formula is C19H27N3O5. The van der Waals surface area contributed by atoms with Crippen molar-refractivity contribution in [2.75, 3.05) is 26.8 Å². The monoisotopic (exact) mass is 377 g/mol. The number of aliphatic hydroxyl groups excluding tert-OH is 1. The normalized spacial score (nSPS) is 20.1. The number of para-hydroxylation sites is 1. The number of benzene rings is 1. The van der Waals surface area contributed by atoms with E-state index in [4.69, 9.17) is 9.15 Å². The number of nitrogens with zero attached hydrogens (tertiary/aromatic N) is 1. The average Bonchev–Trinajstić information content (AvgIpc) is 2.98. The van der Waals surface area contributed by atoms with Crippen LogP contribution in [0.15, 0.2) is 27.4 Å². The van der Waals surface area contributed by atoms with Crippen molar-refractivity contribution < 1.29 is 19.1 Å². The number of aromatic nitrogens is 1. The molecule has 3 rings (SSSR count). The molecule has 0 bridgehead atoms. The molecule has 2 heterocycles. The van der Waals surface area contributed by atoms with Gasteiger partial charge in [-0.1, -0.05) is 12.1 Å². The number of carbonyl (C=O) groups excluding carboxylic acids is 1. The fourth-order valence-electron chi connectivity index (χ4n) is 3.45. The zero-order valence-electron chi connectivity index (χ0n) is 15.6. The highest BCUT2D eigenvalue weighted by Crippen LogP contribution is 2.26. The smallest absolute Gasteiger partial charge is 0.407 e. The van der Waals surface area contributed by atoms with Crippen LogP contribution < -0.4 is 16.4 Å². The molecule has 1 amide bonds. The summed E-state index contributed by atoms with van der Waals surface area (Å²) < 4.78 is 12.5. The first-order valence-corrected chi connectivity index (χ1v) is 9.45. The highest BCUT2D eigenvalue weighted by atomic mass is 16.5. The Labute approximate surface area is 157 Å². The van der Waals surface area contributed by atoms with Gasteiger partial charge in [-0.05, 0) is 57.3 Å². The highest BCUT2D eigenvalue weighted by molar-refractivity contribution is 5.84. The molecule has 1 aliphatic heterocycles. The molecule has 3 N–H and O–H groups in total. The summed E-state index contributed by atoms with van der Waals surface area (Å²) >= 11 is 0. The molecule has 0 aliphatic carbocycles. The molecule has 1 aromatic carbocycles. The van der Waals surface area contributed by atoms with Crippen LogP contribution in [-0.4, -0.2) is 48.6 Å². The van der Waals surface area contributed by atoms with E-state index in [1.165, 1.54) is 4.57 Å². The van der Waals surface area contributed by atoms with E-state index in [2.05, 4.69) is 10.6 Å². The minimum Gasteiger partial charge on any atom is -0.407 e. The lowest BCUT2D eigenvalue weighted by Crippen LogP contribution is -2.46. The van der Waals surface area contributed by atoms with Crippen LogP contribution in [0.2, 0.25) is 0 Å². The fraction of sp³-hybridized carbons (Fsp3) is 0.579. The zero-order chi connectivity index (χ0) is 19.2. The minimum absolute atomic E-state index is 0.362. The number of aliphatic hydroxyl groups is 1. The first-order valence-electron chi connectivity index (χ1n) is 9.45. The van der Waals surface area contributed by atoms with Crippen molar-refractivity contribution in [2.24, 2.45) is 0 Å². The maximum atomic E-state index is 12.4. The third-order valence-corrected chi connectivity index (χ3v) is 4.81. The van der Waals surface area contributed by atoms with Crippen molar-refractivity contribution in [2.45, 2.75) is 44.4 Å². The molecule has 0 spiro atoms. The Balaban J connectivity index is 1.70. The lowest BCUT2D eigenvalue weighted by atomic mass is 10.0. The molecule has 27 heavy (non-hydrogen) atoms. The Bertz CT molecular complexity index is 828. The predicted molar refractivity (Wildman–Crippen MR) is 101 cm³/mol. The fourth-order valence-corrected chi connectivity index (χ4v) is 3.45. The first kappa shape index (κ1) is 19.6. The van der Waals surface area contributed by atoms with Gasteiger partial charge in [0.05, 0.1) is 5.52 Å². The molecule has 8 nitrogen and oxygen atoms in total. The SMILES string of the molecule is CNCCCOCCCc1cccc2c1oc(=O)n2C1CCC(O)NC1=O. The number of fused-ring (bicyclic) bond motifs is 1. The third-order valence-electron chi connectivity index (χ3n) is 4.81. The summed E-state index contributed by atoms with van der Waals surface area (Å²) in [5.74, 6) is -0.906. The van der Waals surface area contributed by atoms with Gasteiger partial charge in [0, 0.05) is 13.2 Å². The number of hydrogen-bond acceptors (Lipinski definition) is 6. The van der Waals surface area contributed by atoms with E-state index in [9.17, 15) is 14.7 Å². The Hall–Kier alpha value is -2.16. The highest BCUT2D eigenvalue weighted by Gasteiger charge is 2.31. The molecule has 1 aromatic heterocycles. The lowest BCUT2D eigenvalue weighted by Gasteiger charge is -2.26. The Kier molecular flexibility index (Phi) is 6.65. The molecule has 8 heteroatoms. The van der Waals surface area contributed by atoms with E-state index < -0.39 is 18.0 Å². The molecule has 2 aromatic rings. The molecule has 0 radical (unpaired) electrons. The van der Waals surface area contributed by atoms with Gasteiger partial charge in [-0.15, -0.1) is 0 Å². The van der Waals surface area contributed by atoms with Crippen LogP contribution in [0, 0.1) is 0 Å². The summed E-state index contributed by atoms with van der Waals surface area (Å²) in [6, 6.07) is 4.93. The number of hydrogen-bond donors (Lipinski definition) is 3. The number of piperidine rings is 1. The van der Waals surface area contributed by atoms with E-state index in [0.717, 1.165) is 38.0 Å². The molecule has 1 aliphatic rings. The van der Waals surface area contributed by atoms with Gasteiger partial charge in [0.25, 0.3) is 0 Å². The third kappa shape index (κ3) is 4.58. The second kappa shape index (κ2) is 9.16. The largest absolute Gasteiger partial charge is 0.420 e. The van der Waals surface area contributed by atoms with Crippen LogP contribution in [0.4, 0.5) is 0 Å². The molecule has 1 fully saturated rings. The van der Waals surface area contributed by atoms with Gasteiger partial charge in [0.1, 0.15) is 12.3 Å². The van der Waals surface area contributed by atoms with E-state index in [1.54, 1.807) is 6.07 Å². The number of rotatable bonds is 9. The van der Waals surface area contributed by atoms with Crippen LogP contribution in [0.3, 0.4) is 0 Å². The molecular weight excluding hydrogens is 350 g/mol. The predicted octanol–water partition coefficient (Wildman–Crippen LogP) is 0.923. The quantitative estimate of drug-likeness (QED) is 0.561. The number of nitrogens with one attached hydrogen (secondary N) is 2. The maximum absolute atomic E-state index is 12.4. The molecule has 148 valence electrons. The van der Waals surface area contributed by atoms with Crippen molar-refractivity contribution >= 4 is 17.0 Å². The van der Waals surface area contributed by atoms with E-state index in [-0.39, 0.29) is 5.91 Å². The summed E-state index contributed by atoms with van der Waals surface area (Å²) in [6.45, 7) is 2.30. The summed E-state index contributed by atoms with van der Waals surface area (Å²) in [4.78, 5) is 24.6. The van der Waals surface area contributed by atoms with E-state index in [1.807, 2.05) is 19.2 Å². The number of oxazole rings is 1. The van der Waals surface area contributed by atoms with Gasteiger partial charge in [-0.25, -0.2) is 4.79 Å². The van der Waals surface area contributed by atoms with Crippen molar-refractivity contribution in [3.05, 3.63) is 34.3 Å². The summed E-state index contributed by atoms with van der Waals surface area (Å²) in [6.07, 6.45) is 2.47. The van der Waals surface area contributed by atoms with E-state index >= 15 is 0 Å². The van der Waals surface area contributed by atoms with Crippen LogP contribution in [0.25, 0.3) is 11.1 Å². The zero-order valence-corrected chi connectivity index (χ0v) is 15.6. The number of carbonyl (C=O) groups is 1. The second-order valence-corrected chi connectivity index (χ2v) is 6.79. The number of amides is 1. The van der Waals surface area contributed by atoms with Crippen molar-refractivity contribution in [3.63, 3.8) is 0 Å². The van der Waals surface area contributed by atoms with Crippen LogP contribution in [-0.2, 0) is 16.0 Å². The molecule has 1 saturated heterocycles. The van der Waals surface area contributed by atoms with Gasteiger partial charge >= 0.3 is 5.76 Å². The summed E-state index contributed by atoms with van der Waals surface area (Å²) in [5.41, 5.74) is 2.07. The summed E-state index contributed by atoms with van der Waals surface area (Å²) in [7, 11) is 1.92. The van der Waals surface area contributed by atoms with Crippen molar-refractivity contribution in [1.29, 1.82) is 0 Å². The van der Waals surface area contributed by atoms with Gasteiger partial charge in [-0.3, -0.25) is 9.36 Å². The summed E-state index contributed by atoms with van der Waals surface area (Å²) in [5, 5.41) is 15.1. The Morgan fingerprint density at radius 3 is 2.89 bits per heavy atom. The van der Waals surface area contributed by atoms with Crippen molar-refractivity contribution in [3.8, 4) is 0 Å². The van der Waals surface area contributed by atoms with Crippen LogP contribution >= 0.6 is 0 Å². The first-order chi connectivity index (χ1) is 13.1. The van der Waals surface area contributed by atoms with E-state index in [0.29, 0.717) is 30.5 Å². The Morgan fingerprint density at radius 1 is 1.30 bits per heavy atom. The lowest BCUT2D eigenvalue weighted by molar-refractivity contribution is -0.130. The topological polar surface area (TPSA) is 106 Å². The van der Waals surface area contributed by atoms with Gasteiger partial charge < -0.3 is 24.9 Å². The molecule has 0 saturated carbocycles. The maximum Gasteiger partial charge on any atom is 0.420 e. The molecule has 2 unspecified atom stereocenters.